The van der Waals surface area contributed by atoms with Gasteiger partial charge in [-0.05, 0) is 13.0 Å². The molecule has 0 radical (unpaired) electrons. The number of rotatable bonds is 4. The molecule has 2 amide bonds. The minimum Gasteiger partial charge on any atom is -0.459 e. The maximum Gasteiger partial charge on any atom is 0.397 e. The van der Waals surface area contributed by atoms with Crippen LogP contribution in [0.15, 0.2) is 18.2 Å². The lowest BCUT2D eigenvalue weighted by molar-refractivity contribution is -0.384. The Balaban J connectivity index is 3.06. The van der Waals surface area contributed by atoms with Crippen molar-refractivity contribution < 1.29 is 24.0 Å². The van der Waals surface area contributed by atoms with E-state index in [1.807, 2.05) is 0 Å². The van der Waals surface area contributed by atoms with E-state index in [1.165, 1.54) is 6.92 Å². The lowest BCUT2D eigenvalue weighted by atomic mass is 10.1. The second kappa shape index (κ2) is 6.27. The fourth-order valence-corrected chi connectivity index (χ4v) is 1.33. The van der Waals surface area contributed by atoms with Gasteiger partial charge in [-0.15, -0.1) is 0 Å². The lowest BCUT2D eigenvalue weighted by Crippen LogP contribution is -2.26. The summed E-state index contributed by atoms with van der Waals surface area (Å²) in [6.07, 6.45) is 0. The van der Waals surface area contributed by atoms with E-state index in [0.29, 0.717) is 0 Å². The zero-order valence-electron chi connectivity index (χ0n) is 10.4. The third kappa shape index (κ3) is 3.51. The molecule has 1 aromatic rings. The summed E-state index contributed by atoms with van der Waals surface area (Å²) in [7, 11) is 0. The molecular weight excluding hydrogens is 270 g/mol. The number of hydrogen-bond acceptors (Lipinski definition) is 6. The van der Waals surface area contributed by atoms with Gasteiger partial charge in [-0.2, -0.15) is 0 Å². The van der Waals surface area contributed by atoms with E-state index < -0.39 is 22.7 Å². The maximum atomic E-state index is 11.4. The van der Waals surface area contributed by atoms with Crippen molar-refractivity contribution in [1.82, 2.24) is 0 Å². The van der Waals surface area contributed by atoms with Gasteiger partial charge in [0.1, 0.15) is 0 Å². The number of benzene rings is 1. The minimum absolute atomic E-state index is 0.00912. The highest BCUT2D eigenvalue weighted by atomic mass is 16.6. The molecule has 0 atom stereocenters. The van der Waals surface area contributed by atoms with Crippen molar-refractivity contribution >= 4 is 29.2 Å². The molecule has 9 heteroatoms. The summed E-state index contributed by atoms with van der Waals surface area (Å²) in [5.74, 6) is -3.22. The maximum absolute atomic E-state index is 11.4. The average molecular weight is 281 g/mol. The van der Waals surface area contributed by atoms with E-state index >= 15 is 0 Å². The number of primary amides is 1. The molecule has 1 aromatic carbocycles. The summed E-state index contributed by atoms with van der Waals surface area (Å²) in [6.45, 7) is 1.53. The van der Waals surface area contributed by atoms with Crippen LogP contribution in [0.4, 0.5) is 11.4 Å². The molecule has 0 aromatic heterocycles. The molecule has 0 heterocycles. The Labute approximate surface area is 112 Å². The Bertz CT molecular complexity index is 584. The summed E-state index contributed by atoms with van der Waals surface area (Å²) in [5, 5.41) is 12.7. The number of nitrogens with one attached hydrogen (secondary N) is 1. The smallest absolute Gasteiger partial charge is 0.397 e. The second-order valence-electron chi connectivity index (χ2n) is 3.53. The van der Waals surface area contributed by atoms with Crippen LogP contribution in [-0.2, 0) is 14.3 Å². The first-order valence-corrected chi connectivity index (χ1v) is 5.43. The monoisotopic (exact) mass is 281 g/mol. The third-order valence-corrected chi connectivity index (χ3v) is 2.19. The van der Waals surface area contributed by atoms with E-state index in [4.69, 9.17) is 5.73 Å². The van der Waals surface area contributed by atoms with Crippen molar-refractivity contribution in [3.63, 3.8) is 0 Å². The Kier molecular flexibility index (Phi) is 4.73. The predicted octanol–water partition coefficient (Wildman–Crippen LogP) is 0.195. The molecule has 0 aliphatic carbocycles. The quantitative estimate of drug-likeness (QED) is 0.349. The molecule has 3 N–H and O–H groups in total. The van der Waals surface area contributed by atoms with Gasteiger partial charge in [0.25, 0.3) is 11.6 Å². The molecule has 0 saturated carbocycles. The molecule has 0 fully saturated rings. The van der Waals surface area contributed by atoms with Gasteiger partial charge in [0.15, 0.2) is 0 Å². The standard InChI is InChI=1S/C11H11N3O6/c1-2-20-11(17)10(16)13-8-4-3-6(14(18)19)5-7(8)9(12)15/h3-5H,2H2,1H3,(H2,12,15)(H,13,16). The van der Waals surface area contributed by atoms with Gasteiger partial charge in [-0.3, -0.25) is 19.7 Å². The van der Waals surface area contributed by atoms with Crippen molar-refractivity contribution in [2.75, 3.05) is 11.9 Å². The van der Waals surface area contributed by atoms with E-state index in [2.05, 4.69) is 10.1 Å². The van der Waals surface area contributed by atoms with Crippen LogP contribution in [0, 0.1) is 10.1 Å². The van der Waals surface area contributed by atoms with Crippen molar-refractivity contribution in [3.8, 4) is 0 Å². The Morgan fingerprint density at radius 2 is 2.05 bits per heavy atom. The Hall–Kier alpha value is -2.97. The minimum atomic E-state index is -1.14. The van der Waals surface area contributed by atoms with Crippen LogP contribution in [-0.4, -0.2) is 29.3 Å². The Morgan fingerprint density at radius 3 is 2.55 bits per heavy atom. The first-order chi connectivity index (χ1) is 9.36. The number of nitro groups is 1. The summed E-state index contributed by atoms with van der Waals surface area (Å²) in [4.78, 5) is 43.7. The molecule has 0 unspecified atom stereocenters. The average Bonchev–Trinajstić information content (AvgIpc) is 2.38. The predicted molar refractivity (Wildman–Crippen MR) is 66.9 cm³/mol. The molecule has 106 valence electrons. The summed E-state index contributed by atoms with van der Waals surface area (Å²) >= 11 is 0. The third-order valence-electron chi connectivity index (χ3n) is 2.19. The second-order valence-corrected chi connectivity index (χ2v) is 3.53. The number of carbonyl (C=O) groups is 3. The molecule has 0 bridgehead atoms. The highest BCUT2D eigenvalue weighted by Crippen LogP contribution is 2.21. The largest absolute Gasteiger partial charge is 0.459 e. The van der Waals surface area contributed by atoms with Crippen LogP contribution in [0.3, 0.4) is 0 Å². The number of amides is 2. The number of carbonyl (C=O) groups excluding carboxylic acids is 3. The van der Waals surface area contributed by atoms with Crippen LogP contribution >= 0.6 is 0 Å². The first kappa shape index (κ1) is 15.1. The van der Waals surface area contributed by atoms with Gasteiger partial charge in [0.2, 0.25) is 0 Å². The van der Waals surface area contributed by atoms with Gasteiger partial charge in [0, 0.05) is 12.1 Å². The van der Waals surface area contributed by atoms with Crippen molar-refractivity contribution in [2.24, 2.45) is 5.73 Å². The molecule has 0 aliphatic rings. The number of ether oxygens (including phenoxy) is 1. The van der Waals surface area contributed by atoms with Crippen LogP contribution in [0.2, 0.25) is 0 Å². The van der Waals surface area contributed by atoms with E-state index in [0.717, 1.165) is 18.2 Å². The van der Waals surface area contributed by atoms with Crippen molar-refractivity contribution in [1.29, 1.82) is 0 Å². The number of nitrogens with two attached hydrogens (primary N) is 1. The highest BCUT2D eigenvalue weighted by molar-refractivity contribution is 6.37. The topological polar surface area (TPSA) is 142 Å². The van der Waals surface area contributed by atoms with Crippen molar-refractivity contribution in [2.45, 2.75) is 6.92 Å². The molecule has 9 nitrogen and oxygen atoms in total. The number of nitro benzene ring substituents is 1. The van der Waals surface area contributed by atoms with Crippen LogP contribution in [0.1, 0.15) is 17.3 Å². The molecule has 0 spiro atoms. The molecular formula is C11H11N3O6. The number of hydrogen-bond donors (Lipinski definition) is 2. The van der Waals surface area contributed by atoms with Gasteiger partial charge in [0.05, 0.1) is 22.8 Å². The van der Waals surface area contributed by atoms with E-state index in [9.17, 15) is 24.5 Å². The van der Waals surface area contributed by atoms with Crippen molar-refractivity contribution in [3.05, 3.63) is 33.9 Å². The van der Waals surface area contributed by atoms with E-state index in [1.54, 1.807) is 0 Å². The van der Waals surface area contributed by atoms with Gasteiger partial charge in [-0.25, -0.2) is 4.79 Å². The number of anilines is 1. The number of non-ortho nitro benzene ring substituents is 1. The van der Waals surface area contributed by atoms with Crippen LogP contribution in [0.5, 0.6) is 0 Å². The van der Waals surface area contributed by atoms with Crippen LogP contribution in [0.25, 0.3) is 0 Å². The zero-order valence-corrected chi connectivity index (χ0v) is 10.4. The van der Waals surface area contributed by atoms with Gasteiger partial charge in [-0.1, -0.05) is 0 Å². The van der Waals surface area contributed by atoms with Gasteiger partial charge < -0.3 is 15.8 Å². The van der Waals surface area contributed by atoms with Gasteiger partial charge >= 0.3 is 11.9 Å². The normalized spacial score (nSPS) is 9.65. The summed E-state index contributed by atoms with van der Waals surface area (Å²) in [5.41, 5.74) is 4.31. The number of esters is 1. The summed E-state index contributed by atoms with van der Waals surface area (Å²) < 4.78 is 4.46. The fourth-order valence-electron chi connectivity index (χ4n) is 1.33. The number of nitrogens with zero attached hydrogens (tertiary/aromatic N) is 1. The highest BCUT2D eigenvalue weighted by Gasteiger charge is 2.20. The fraction of sp³-hybridized carbons (Fsp3) is 0.182. The molecule has 0 saturated heterocycles. The molecule has 20 heavy (non-hydrogen) atoms. The van der Waals surface area contributed by atoms with E-state index in [-0.39, 0.29) is 23.5 Å². The SMILES string of the molecule is CCOC(=O)C(=O)Nc1ccc([N+](=O)[O-])cc1C(N)=O. The summed E-state index contributed by atoms with van der Waals surface area (Å²) in [6, 6.07) is 3.08. The molecule has 1 rings (SSSR count). The lowest BCUT2D eigenvalue weighted by Gasteiger charge is -2.08. The molecule has 0 aliphatic heterocycles. The zero-order chi connectivity index (χ0) is 15.3. The Morgan fingerprint density at radius 1 is 1.40 bits per heavy atom. The van der Waals surface area contributed by atoms with Crippen LogP contribution < -0.4 is 11.1 Å². The first-order valence-electron chi connectivity index (χ1n) is 5.43.